The van der Waals surface area contributed by atoms with E-state index in [0.717, 1.165) is 13.1 Å². The predicted octanol–water partition coefficient (Wildman–Crippen LogP) is 3.73. The number of rotatable bonds is 5. The summed E-state index contributed by atoms with van der Waals surface area (Å²) < 4.78 is 0. The van der Waals surface area contributed by atoms with Crippen molar-refractivity contribution in [3.05, 3.63) is 12.7 Å². The average molecular weight is 152 g/mol. The highest BCUT2D eigenvalue weighted by atomic mass is 14.2. The molecule has 0 saturated heterocycles. The van der Waals surface area contributed by atoms with Crippen molar-refractivity contribution >= 4 is 6.71 Å². The summed E-state index contributed by atoms with van der Waals surface area (Å²) in [5.41, 5.74) is 0.456. The minimum Gasteiger partial charge on any atom is -0.103 e. The van der Waals surface area contributed by atoms with Gasteiger partial charge >= 0.3 is 0 Å². The van der Waals surface area contributed by atoms with Crippen molar-refractivity contribution in [2.24, 2.45) is 5.41 Å². The van der Waals surface area contributed by atoms with Crippen molar-refractivity contribution in [1.29, 1.82) is 0 Å². The van der Waals surface area contributed by atoms with Crippen LogP contribution in [0.5, 0.6) is 0 Å². The van der Waals surface area contributed by atoms with Crippen molar-refractivity contribution in [3.63, 3.8) is 0 Å². The average Bonchev–Trinajstić information content (AvgIpc) is 1.86. The van der Waals surface area contributed by atoms with Crippen molar-refractivity contribution < 1.29 is 0 Å². The maximum absolute atomic E-state index is 3.78. The summed E-state index contributed by atoms with van der Waals surface area (Å²) in [4.78, 5) is 0. The molecule has 0 aliphatic rings. The van der Waals surface area contributed by atoms with E-state index in [1.54, 1.807) is 0 Å². The Balaban J connectivity index is 3.79. The van der Waals surface area contributed by atoms with Crippen LogP contribution in [0.15, 0.2) is 12.7 Å². The fourth-order valence-electron chi connectivity index (χ4n) is 1.56. The molecule has 0 amide bonds. The zero-order chi connectivity index (χ0) is 8.91. The molecule has 1 heteroatoms. The third kappa shape index (κ3) is 5.12. The Labute approximate surface area is 72.2 Å². The van der Waals surface area contributed by atoms with Gasteiger partial charge in [0.15, 0.2) is 0 Å². The molecule has 0 spiro atoms. The molecule has 11 heavy (non-hydrogen) atoms. The van der Waals surface area contributed by atoms with Crippen LogP contribution in [0.4, 0.5) is 0 Å². The van der Waals surface area contributed by atoms with Gasteiger partial charge in [0, 0.05) is 0 Å². The van der Waals surface area contributed by atoms with Gasteiger partial charge < -0.3 is 0 Å². The van der Waals surface area contributed by atoms with Crippen LogP contribution in [0, 0.1) is 5.41 Å². The molecule has 0 aliphatic heterocycles. The summed E-state index contributed by atoms with van der Waals surface area (Å²) in [6.45, 7) is 13.9. The van der Waals surface area contributed by atoms with E-state index in [-0.39, 0.29) is 0 Å². The van der Waals surface area contributed by atoms with E-state index in [2.05, 4.69) is 34.2 Å². The molecule has 0 aromatic heterocycles. The molecule has 0 heterocycles. The highest BCUT2D eigenvalue weighted by Gasteiger charge is 2.19. The smallest absolute Gasteiger partial charge is 0.103 e. The van der Waals surface area contributed by atoms with E-state index in [1.165, 1.54) is 12.6 Å². The van der Waals surface area contributed by atoms with Gasteiger partial charge in [-0.2, -0.15) is 0 Å². The Bertz CT molecular complexity index is 116. The van der Waals surface area contributed by atoms with Crippen molar-refractivity contribution in [1.82, 2.24) is 0 Å². The molecule has 64 valence electrons. The van der Waals surface area contributed by atoms with Crippen LogP contribution in [0.3, 0.4) is 0 Å². The molecule has 0 aromatic carbocycles. The fraction of sp³-hybridized carbons (Fsp3) is 0.800. The Morgan fingerprint density at radius 3 is 2.36 bits per heavy atom. The molecule has 0 rings (SSSR count). The third-order valence-corrected chi connectivity index (χ3v) is 2.29. The van der Waals surface area contributed by atoms with Crippen LogP contribution in [-0.4, -0.2) is 6.71 Å². The van der Waals surface area contributed by atoms with Gasteiger partial charge in [-0.3, -0.25) is 0 Å². The van der Waals surface area contributed by atoms with E-state index in [4.69, 9.17) is 0 Å². The summed E-state index contributed by atoms with van der Waals surface area (Å²) in [6.07, 6.45) is 5.77. The lowest BCUT2D eigenvalue weighted by Gasteiger charge is -2.24. The molecular weight excluding hydrogens is 131 g/mol. The fourth-order valence-corrected chi connectivity index (χ4v) is 1.56. The zero-order valence-electron chi connectivity index (χ0n) is 8.48. The largest absolute Gasteiger partial charge is 0.136 e. The first-order valence-corrected chi connectivity index (χ1v) is 4.62. The van der Waals surface area contributed by atoms with Gasteiger partial charge in [0.2, 0.25) is 0 Å². The minimum atomic E-state index is 0.456. The monoisotopic (exact) mass is 152 g/mol. The maximum atomic E-state index is 3.78. The molecule has 0 bridgehead atoms. The van der Waals surface area contributed by atoms with Gasteiger partial charge in [-0.1, -0.05) is 46.3 Å². The van der Waals surface area contributed by atoms with Crippen LogP contribution in [0.2, 0.25) is 19.5 Å². The molecule has 0 N–H and O–H groups in total. The minimum absolute atomic E-state index is 0.456. The number of hydrogen-bond donors (Lipinski definition) is 0. The van der Waals surface area contributed by atoms with Crippen molar-refractivity contribution in [2.75, 3.05) is 0 Å². The lowest BCUT2D eigenvalue weighted by atomic mass is 9.43. The second-order valence-corrected chi connectivity index (χ2v) is 4.37. The quantitative estimate of drug-likeness (QED) is 0.415. The summed E-state index contributed by atoms with van der Waals surface area (Å²) in [6, 6.07) is 0. The van der Waals surface area contributed by atoms with Gasteiger partial charge in [0.25, 0.3) is 0 Å². The van der Waals surface area contributed by atoms with Crippen LogP contribution >= 0.6 is 0 Å². The Kier molecular flexibility index (Phi) is 4.55. The first-order valence-electron chi connectivity index (χ1n) is 4.62. The van der Waals surface area contributed by atoms with Crippen molar-refractivity contribution in [3.8, 4) is 0 Å². The first-order chi connectivity index (χ1) is 5.02. The Morgan fingerprint density at radius 1 is 1.45 bits per heavy atom. The molecule has 0 saturated carbocycles. The summed E-state index contributed by atoms with van der Waals surface area (Å²) in [5.74, 6) is 0. The zero-order valence-corrected chi connectivity index (χ0v) is 8.48. The van der Waals surface area contributed by atoms with E-state index >= 15 is 0 Å². The van der Waals surface area contributed by atoms with Gasteiger partial charge in [0.05, 0.1) is 0 Å². The molecule has 0 aromatic rings. The summed E-state index contributed by atoms with van der Waals surface area (Å²) in [7, 11) is 0. The number of hydrogen-bond acceptors (Lipinski definition) is 0. The highest BCUT2D eigenvalue weighted by molar-refractivity contribution is 6.57. The normalized spacial score (nSPS) is 11.3. The third-order valence-electron chi connectivity index (χ3n) is 2.29. The van der Waals surface area contributed by atoms with Gasteiger partial charge in [0.1, 0.15) is 6.71 Å². The Morgan fingerprint density at radius 2 is 2.00 bits per heavy atom. The second kappa shape index (κ2) is 4.64. The second-order valence-electron chi connectivity index (χ2n) is 4.37. The topological polar surface area (TPSA) is 0 Å². The van der Waals surface area contributed by atoms with E-state index in [1.807, 2.05) is 6.08 Å². The van der Waals surface area contributed by atoms with Gasteiger partial charge in [-0.15, -0.1) is 6.58 Å². The van der Waals surface area contributed by atoms with E-state index in [0.29, 0.717) is 5.41 Å². The van der Waals surface area contributed by atoms with E-state index < -0.39 is 0 Å². The standard InChI is InChI=1S/C10H21B/c1-6-8-10(3,4)9-11(5)7-2/h6H,1,7-9H2,2-5H3. The molecule has 0 nitrogen and oxygen atoms in total. The van der Waals surface area contributed by atoms with Crippen LogP contribution in [-0.2, 0) is 0 Å². The lowest BCUT2D eigenvalue weighted by Crippen LogP contribution is -2.18. The number of allylic oxidation sites excluding steroid dienone is 1. The van der Waals surface area contributed by atoms with Crippen molar-refractivity contribution in [2.45, 2.75) is 46.7 Å². The molecule has 0 fully saturated rings. The summed E-state index contributed by atoms with van der Waals surface area (Å²) in [5, 5.41) is 0. The van der Waals surface area contributed by atoms with Crippen LogP contribution < -0.4 is 0 Å². The molecule has 0 unspecified atom stereocenters. The summed E-state index contributed by atoms with van der Waals surface area (Å²) >= 11 is 0. The van der Waals surface area contributed by atoms with Crippen LogP contribution in [0.1, 0.15) is 27.2 Å². The van der Waals surface area contributed by atoms with Gasteiger partial charge in [-0.25, -0.2) is 0 Å². The predicted molar refractivity (Wildman–Crippen MR) is 55.5 cm³/mol. The molecule has 0 atom stereocenters. The molecule has 0 radical (unpaired) electrons. The SMILES string of the molecule is C=CCC(C)(C)CB(C)CC. The van der Waals surface area contributed by atoms with Crippen LogP contribution in [0.25, 0.3) is 0 Å². The Hall–Kier alpha value is -0.195. The van der Waals surface area contributed by atoms with E-state index in [9.17, 15) is 0 Å². The lowest BCUT2D eigenvalue weighted by molar-refractivity contribution is 0.416. The molecular formula is C10H21B. The van der Waals surface area contributed by atoms with Gasteiger partial charge in [-0.05, 0) is 11.8 Å². The highest BCUT2D eigenvalue weighted by Crippen LogP contribution is 2.28. The maximum Gasteiger partial charge on any atom is 0.136 e. The molecule has 0 aliphatic carbocycles. The first kappa shape index (κ1) is 10.8.